The van der Waals surface area contributed by atoms with Crippen LogP contribution in [0.3, 0.4) is 0 Å². The topological polar surface area (TPSA) is 64.7 Å². The monoisotopic (exact) mass is 394 g/mol. The van der Waals surface area contributed by atoms with Gasteiger partial charge in [-0.05, 0) is 48.4 Å². The molecule has 0 bridgehead atoms. The van der Waals surface area contributed by atoms with E-state index in [0.29, 0.717) is 5.92 Å². The minimum Gasteiger partial charge on any atom is -0.361 e. The summed E-state index contributed by atoms with van der Waals surface area (Å²) in [4.78, 5) is 14.1. The molecule has 5 heteroatoms. The van der Waals surface area contributed by atoms with Gasteiger partial charge in [-0.25, -0.2) is 9.97 Å². The van der Waals surface area contributed by atoms with E-state index in [-0.39, 0.29) is 11.3 Å². The predicted octanol–water partition coefficient (Wildman–Crippen LogP) is 4.73. The minimum atomic E-state index is -0.211. The Labute approximate surface area is 175 Å². The van der Waals surface area contributed by atoms with E-state index in [1.165, 1.54) is 16.7 Å². The Kier molecular flexibility index (Phi) is 3.85. The van der Waals surface area contributed by atoms with Crippen LogP contribution in [0.25, 0.3) is 11.4 Å². The number of hydrogen-bond acceptors (Lipinski definition) is 5. The van der Waals surface area contributed by atoms with E-state index in [9.17, 15) is 0 Å². The average Bonchev–Trinajstić information content (AvgIpc) is 3.28. The molecule has 2 aliphatic carbocycles. The van der Waals surface area contributed by atoms with E-state index in [2.05, 4.69) is 47.4 Å². The molecule has 0 unspecified atom stereocenters. The van der Waals surface area contributed by atoms with Gasteiger partial charge in [-0.1, -0.05) is 42.4 Å². The van der Waals surface area contributed by atoms with Crippen molar-refractivity contribution in [3.05, 3.63) is 95.4 Å². The van der Waals surface area contributed by atoms with E-state index < -0.39 is 0 Å². The maximum Gasteiger partial charge on any atom is 0.159 e. The standard InChI is InChI=1S/C25H22N4O/c1-16-21-8-7-18-14-27-24(17-9-11-26-12-10-17)29-23(18)25(21,20-5-3-2-4-6-20)13-19-15-28-30-22(16)19/h2-6,9-12,14-16,21H,7-8,13H2,1H3/t16-,21-,25+/m0/s1. The van der Waals surface area contributed by atoms with Crippen LogP contribution in [0.5, 0.6) is 0 Å². The third-order valence-electron chi connectivity index (χ3n) is 7.03. The van der Waals surface area contributed by atoms with E-state index in [1.54, 1.807) is 12.4 Å². The lowest BCUT2D eigenvalue weighted by Gasteiger charge is -2.49. The Morgan fingerprint density at radius 3 is 2.67 bits per heavy atom. The van der Waals surface area contributed by atoms with Gasteiger partial charge in [-0.15, -0.1) is 0 Å². The van der Waals surface area contributed by atoms with Crippen molar-refractivity contribution in [3.63, 3.8) is 0 Å². The van der Waals surface area contributed by atoms with Gasteiger partial charge in [-0.2, -0.15) is 0 Å². The van der Waals surface area contributed by atoms with Gasteiger partial charge in [0.15, 0.2) is 5.82 Å². The fraction of sp³-hybridized carbons (Fsp3) is 0.280. The van der Waals surface area contributed by atoms with Crippen LogP contribution in [-0.2, 0) is 18.3 Å². The lowest BCUT2D eigenvalue weighted by molar-refractivity contribution is 0.189. The third kappa shape index (κ3) is 2.41. The highest BCUT2D eigenvalue weighted by atomic mass is 16.5. The van der Waals surface area contributed by atoms with Crippen LogP contribution in [0.2, 0.25) is 0 Å². The Morgan fingerprint density at radius 2 is 1.83 bits per heavy atom. The van der Waals surface area contributed by atoms with Gasteiger partial charge in [0.1, 0.15) is 5.76 Å². The highest BCUT2D eigenvalue weighted by Gasteiger charge is 2.53. The fourth-order valence-corrected chi connectivity index (χ4v) is 5.69. The predicted molar refractivity (Wildman–Crippen MR) is 113 cm³/mol. The van der Waals surface area contributed by atoms with Crippen molar-refractivity contribution in [2.45, 2.75) is 37.5 Å². The highest BCUT2D eigenvalue weighted by Crippen LogP contribution is 2.56. The molecule has 0 spiro atoms. The molecule has 30 heavy (non-hydrogen) atoms. The van der Waals surface area contributed by atoms with Crippen LogP contribution >= 0.6 is 0 Å². The molecular weight excluding hydrogens is 372 g/mol. The number of rotatable bonds is 2. The van der Waals surface area contributed by atoms with Crippen LogP contribution in [0, 0.1) is 5.92 Å². The number of hydrogen-bond donors (Lipinski definition) is 0. The van der Waals surface area contributed by atoms with Gasteiger partial charge >= 0.3 is 0 Å². The molecule has 1 aromatic carbocycles. The summed E-state index contributed by atoms with van der Waals surface area (Å²) >= 11 is 0. The first-order chi connectivity index (χ1) is 14.8. The summed E-state index contributed by atoms with van der Waals surface area (Å²) < 4.78 is 5.69. The Hall–Kier alpha value is -3.34. The van der Waals surface area contributed by atoms with Gasteiger partial charge in [0.05, 0.1) is 11.9 Å². The second-order valence-corrected chi connectivity index (χ2v) is 8.47. The van der Waals surface area contributed by atoms with E-state index in [4.69, 9.17) is 14.5 Å². The summed E-state index contributed by atoms with van der Waals surface area (Å²) in [7, 11) is 0. The van der Waals surface area contributed by atoms with Gasteiger partial charge in [-0.3, -0.25) is 4.98 Å². The molecule has 0 aliphatic heterocycles. The van der Waals surface area contributed by atoms with Crippen molar-refractivity contribution >= 4 is 0 Å². The molecule has 0 saturated heterocycles. The first-order valence-corrected chi connectivity index (χ1v) is 10.5. The molecule has 2 aliphatic rings. The SMILES string of the molecule is C[C@@H]1c2oncc2C[C@]2(c3ccccc3)c3nc(-c4ccncc4)ncc3CC[C@@H]12. The van der Waals surface area contributed by atoms with Crippen molar-refractivity contribution < 1.29 is 4.52 Å². The lowest BCUT2D eigenvalue weighted by Crippen LogP contribution is -2.48. The number of aromatic nitrogens is 4. The molecule has 0 N–H and O–H groups in total. The first-order valence-electron chi connectivity index (χ1n) is 10.5. The number of aryl methyl sites for hydroxylation is 1. The zero-order valence-corrected chi connectivity index (χ0v) is 16.8. The van der Waals surface area contributed by atoms with Crippen molar-refractivity contribution in [2.24, 2.45) is 5.92 Å². The molecule has 148 valence electrons. The maximum atomic E-state index is 5.69. The molecule has 0 fully saturated rings. The first kappa shape index (κ1) is 17.5. The van der Waals surface area contributed by atoms with Gasteiger partial charge in [0.25, 0.3) is 0 Å². The molecule has 3 aromatic heterocycles. The number of nitrogens with zero attached hydrogens (tertiary/aromatic N) is 4. The summed E-state index contributed by atoms with van der Waals surface area (Å²) in [6.07, 6.45) is 10.4. The van der Waals surface area contributed by atoms with Crippen LogP contribution in [0.1, 0.15) is 47.4 Å². The summed E-state index contributed by atoms with van der Waals surface area (Å²) in [5, 5.41) is 4.14. The molecule has 0 saturated carbocycles. The zero-order chi connectivity index (χ0) is 20.1. The van der Waals surface area contributed by atoms with Gasteiger partial charge < -0.3 is 4.52 Å². The summed E-state index contributed by atoms with van der Waals surface area (Å²) in [6, 6.07) is 14.8. The van der Waals surface area contributed by atoms with E-state index >= 15 is 0 Å². The average molecular weight is 394 g/mol. The summed E-state index contributed by atoms with van der Waals surface area (Å²) in [6.45, 7) is 2.28. The Morgan fingerprint density at radius 1 is 1.00 bits per heavy atom. The normalized spacial score (nSPS) is 24.6. The second-order valence-electron chi connectivity index (χ2n) is 8.47. The highest BCUT2D eigenvalue weighted by molar-refractivity contribution is 5.56. The van der Waals surface area contributed by atoms with E-state index in [1.807, 2.05) is 24.5 Å². The Balaban J connectivity index is 1.63. The molecule has 6 rings (SSSR count). The molecule has 3 atom stereocenters. The smallest absolute Gasteiger partial charge is 0.159 e. The van der Waals surface area contributed by atoms with Crippen molar-refractivity contribution in [3.8, 4) is 11.4 Å². The van der Waals surface area contributed by atoms with Crippen LogP contribution in [-0.4, -0.2) is 20.1 Å². The molecule has 0 radical (unpaired) electrons. The van der Waals surface area contributed by atoms with Crippen LogP contribution in [0.4, 0.5) is 0 Å². The lowest BCUT2D eigenvalue weighted by atomic mass is 9.53. The van der Waals surface area contributed by atoms with Crippen molar-refractivity contribution in [2.75, 3.05) is 0 Å². The van der Waals surface area contributed by atoms with Crippen molar-refractivity contribution in [1.29, 1.82) is 0 Å². The molecule has 5 nitrogen and oxygen atoms in total. The molecular formula is C25H22N4O. The zero-order valence-electron chi connectivity index (χ0n) is 16.8. The number of pyridine rings is 1. The van der Waals surface area contributed by atoms with Crippen molar-refractivity contribution in [1.82, 2.24) is 20.1 Å². The summed E-state index contributed by atoms with van der Waals surface area (Å²) in [5.74, 6) is 2.48. The largest absolute Gasteiger partial charge is 0.361 e. The minimum absolute atomic E-state index is 0.211. The maximum absolute atomic E-state index is 5.69. The van der Waals surface area contributed by atoms with Crippen LogP contribution < -0.4 is 0 Å². The molecule has 3 heterocycles. The quantitative estimate of drug-likeness (QED) is 0.492. The third-order valence-corrected chi connectivity index (χ3v) is 7.03. The second kappa shape index (κ2) is 6.59. The van der Waals surface area contributed by atoms with E-state index in [0.717, 1.165) is 42.1 Å². The Bertz CT molecular complexity index is 1200. The number of fused-ring (bicyclic) bond motifs is 4. The molecule has 4 aromatic rings. The summed E-state index contributed by atoms with van der Waals surface area (Å²) in [5.41, 5.74) is 5.70. The molecule has 0 amide bonds. The van der Waals surface area contributed by atoms with Crippen LogP contribution in [0.15, 0.2) is 71.8 Å². The van der Waals surface area contributed by atoms with Gasteiger partial charge in [0, 0.05) is 41.1 Å². The van der Waals surface area contributed by atoms with Gasteiger partial charge in [0.2, 0.25) is 0 Å². The number of benzene rings is 1. The fourth-order valence-electron chi connectivity index (χ4n) is 5.69.